The Morgan fingerprint density at radius 1 is 1.16 bits per heavy atom. The summed E-state index contributed by atoms with van der Waals surface area (Å²) in [6, 6.07) is 5.85. The van der Waals surface area contributed by atoms with E-state index in [4.69, 9.17) is 0 Å². The van der Waals surface area contributed by atoms with Gasteiger partial charge in [-0.3, -0.25) is 0 Å². The second-order valence-electron chi connectivity index (χ2n) is 6.63. The van der Waals surface area contributed by atoms with Crippen LogP contribution < -0.4 is 15.5 Å². The molecule has 2 atom stereocenters. The van der Waals surface area contributed by atoms with Gasteiger partial charge in [-0.25, -0.2) is 13.8 Å². The molecule has 5 nitrogen and oxygen atoms in total. The monoisotopic (exact) mass is 345 g/mol. The zero-order valence-corrected chi connectivity index (χ0v) is 13.9. The molecule has 0 amide bonds. The van der Waals surface area contributed by atoms with Crippen molar-refractivity contribution in [3.05, 3.63) is 47.7 Å². The van der Waals surface area contributed by atoms with E-state index in [9.17, 15) is 8.78 Å². The smallest absolute Gasteiger partial charge is 0.224 e. The number of hydrogen-bond donors (Lipinski definition) is 2. The number of aromatic nitrogens is 2. The van der Waals surface area contributed by atoms with Gasteiger partial charge < -0.3 is 15.5 Å². The molecule has 0 saturated carbocycles. The minimum absolute atomic E-state index is 0.0684. The van der Waals surface area contributed by atoms with Crippen LogP contribution in [0.3, 0.4) is 0 Å². The Hall–Kier alpha value is -2.28. The average Bonchev–Trinajstić information content (AvgIpc) is 3.25. The van der Waals surface area contributed by atoms with Crippen LogP contribution in [0.15, 0.2) is 30.5 Å². The maximum Gasteiger partial charge on any atom is 0.224 e. The highest BCUT2D eigenvalue weighted by molar-refractivity contribution is 5.47. The van der Waals surface area contributed by atoms with Gasteiger partial charge in [-0.1, -0.05) is 0 Å². The Labute approximate surface area is 145 Å². The first-order valence-corrected chi connectivity index (χ1v) is 8.72. The summed E-state index contributed by atoms with van der Waals surface area (Å²) >= 11 is 0. The Bertz CT molecular complexity index is 728. The predicted octanol–water partition coefficient (Wildman–Crippen LogP) is 2.87. The third kappa shape index (κ3) is 3.56. The highest BCUT2D eigenvalue weighted by Crippen LogP contribution is 2.35. The second-order valence-corrected chi connectivity index (χ2v) is 6.63. The fourth-order valence-electron chi connectivity index (χ4n) is 3.69. The van der Waals surface area contributed by atoms with Gasteiger partial charge in [-0.15, -0.1) is 0 Å². The van der Waals surface area contributed by atoms with Crippen LogP contribution in [0.4, 0.5) is 20.5 Å². The van der Waals surface area contributed by atoms with Gasteiger partial charge in [0.1, 0.15) is 17.5 Å². The molecule has 1 aromatic carbocycles. The third-order valence-electron chi connectivity index (χ3n) is 4.85. The molecule has 132 valence electrons. The maximum absolute atomic E-state index is 13.6. The molecule has 3 heterocycles. The molecule has 4 rings (SSSR count). The molecule has 2 aromatic rings. The molecule has 0 bridgehead atoms. The Kier molecular flexibility index (Phi) is 4.48. The summed E-state index contributed by atoms with van der Waals surface area (Å²) in [7, 11) is 0. The molecule has 0 radical (unpaired) electrons. The summed E-state index contributed by atoms with van der Waals surface area (Å²) in [6.07, 6.45) is 4.58. The molecule has 2 unspecified atom stereocenters. The normalized spacial score (nSPS) is 23.2. The van der Waals surface area contributed by atoms with E-state index in [2.05, 4.69) is 25.5 Å². The number of hydrogen-bond acceptors (Lipinski definition) is 5. The highest BCUT2D eigenvalue weighted by atomic mass is 19.1. The highest BCUT2D eigenvalue weighted by Gasteiger charge is 2.28. The summed E-state index contributed by atoms with van der Waals surface area (Å²) in [6.45, 7) is 2.71. The predicted molar refractivity (Wildman–Crippen MR) is 92.6 cm³/mol. The minimum atomic E-state index is -0.541. The summed E-state index contributed by atoms with van der Waals surface area (Å²) in [5.41, 5.74) is 0.656. The summed E-state index contributed by atoms with van der Waals surface area (Å²) < 4.78 is 27.2. The third-order valence-corrected chi connectivity index (χ3v) is 4.85. The van der Waals surface area contributed by atoms with Gasteiger partial charge >= 0.3 is 0 Å². The lowest BCUT2D eigenvalue weighted by Crippen LogP contribution is -2.26. The summed E-state index contributed by atoms with van der Waals surface area (Å²) in [5, 5.41) is 6.65. The maximum atomic E-state index is 13.6. The number of anilines is 2. The van der Waals surface area contributed by atoms with Crippen LogP contribution >= 0.6 is 0 Å². The van der Waals surface area contributed by atoms with E-state index in [0.717, 1.165) is 50.8 Å². The molecular weight excluding hydrogens is 324 g/mol. The van der Waals surface area contributed by atoms with E-state index < -0.39 is 11.6 Å². The first-order valence-electron chi connectivity index (χ1n) is 8.72. The van der Waals surface area contributed by atoms with Gasteiger partial charge in [0.25, 0.3) is 0 Å². The quantitative estimate of drug-likeness (QED) is 0.892. The number of nitrogens with zero attached hydrogens (tertiary/aromatic N) is 3. The SMILES string of the molecule is Fc1cc(F)cc(C2CCCN2c2ccnc(NC3CCNC3)n2)c1. The number of benzene rings is 1. The Balaban J connectivity index is 1.57. The van der Waals surface area contributed by atoms with Crippen molar-refractivity contribution in [2.24, 2.45) is 0 Å². The van der Waals surface area contributed by atoms with Crippen molar-refractivity contribution >= 4 is 11.8 Å². The lowest BCUT2D eigenvalue weighted by molar-refractivity contribution is 0.572. The zero-order chi connectivity index (χ0) is 17.2. The van der Waals surface area contributed by atoms with Gasteiger partial charge in [0.15, 0.2) is 0 Å². The summed E-state index contributed by atoms with van der Waals surface area (Å²) in [5.74, 6) is 0.305. The molecule has 2 aliphatic heterocycles. The van der Waals surface area contributed by atoms with Gasteiger partial charge in [0.2, 0.25) is 5.95 Å². The van der Waals surface area contributed by atoms with Crippen LogP contribution in [0.5, 0.6) is 0 Å². The van der Waals surface area contributed by atoms with E-state index >= 15 is 0 Å². The number of rotatable bonds is 4. The van der Waals surface area contributed by atoms with Crippen LogP contribution in [0.25, 0.3) is 0 Å². The van der Waals surface area contributed by atoms with Crippen LogP contribution in [-0.4, -0.2) is 35.6 Å². The van der Waals surface area contributed by atoms with Crippen molar-refractivity contribution in [3.63, 3.8) is 0 Å². The topological polar surface area (TPSA) is 53.1 Å². The van der Waals surface area contributed by atoms with Crippen molar-refractivity contribution in [1.29, 1.82) is 0 Å². The van der Waals surface area contributed by atoms with Crippen LogP contribution in [0, 0.1) is 11.6 Å². The largest absolute Gasteiger partial charge is 0.350 e. The molecule has 0 aliphatic carbocycles. The van der Waals surface area contributed by atoms with E-state index in [-0.39, 0.29) is 6.04 Å². The first-order chi connectivity index (χ1) is 12.2. The zero-order valence-electron chi connectivity index (χ0n) is 13.9. The number of nitrogens with one attached hydrogen (secondary N) is 2. The minimum Gasteiger partial charge on any atom is -0.350 e. The van der Waals surface area contributed by atoms with E-state index in [0.29, 0.717) is 17.6 Å². The lowest BCUT2D eigenvalue weighted by atomic mass is 10.0. The molecule has 1 aromatic heterocycles. The second kappa shape index (κ2) is 6.92. The fraction of sp³-hybridized carbons (Fsp3) is 0.444. The molecule has 7 heteroatoms. The van der Waals surface area contributed by atoms with Crippen molar-refractivity contribution < 1.29 is 8.78 Å². The lowest BCUT2D eigenvalue weighted by Gasteiger charge is -2.26. The van der Waals surface area contributed by atoms with Gasteiger partial charge in [-0.2, -0.15) is 4.98 Å². The van der Waals surface area contributed by atoms with E-state index in [1.807, 2.05) is 6.07 Å². The first kappa shape index (κ1) is 16.2. The Morgan fingerprint density at radius 2 is 2.00 bits per heavy atom. The number of halogens is 2. The van der Waals surface area contributed by atoms with Gasteiger partial charge in [-0.05, 0) is 49.6 Å². The molecule has 2 fully saturated rings. The van der Waals surface area contributed by atoms with E-state index in [1.165, 1.54) is 12.1 Å². The summed E-state index contributed by atoms with van der Waals surface area (Å²) in [4.78, 5) is 11.0. The molecule has 2 aliphatic rings. The van der Waals surface area contributed by atoms with Gasteiger partial charge in [0, 0.05) is 31.4 Å². The Morgan fingerprint density at radius 3 is 2.76 bits per heavy atom. The molecule has 2 saturated heterocycles. The average molecular weight is 345 g/mol. The molecular formula is C18H21F2N5. The van der Waals surface area contributed by atoms with Crippen LogP contribution in [0.1, 0.15) is 30.9 Å². The van der Waals surface area contributed by atoms with Crippen molar-refractivity contribution in [2.45, 2.75) is 31.3 Å². The van der Waals surface area contributed by atoms with Crippen molar-refractivity contribution in [1.82, 2.24) is 15.3 Å². The van der Waals surface area contributed by atoms with Crippen molar-refractivity contribution in [3.8, 4) is 0 Å². The van der Waals surface area contributed by atoms with Gasteiger partial charge in [0.05, 0.1) is 6.04 Å². The standard InChI is InChI=1S/C18H21F2N5/c19-13-8-12(9-14(20)10-13)16-2-1-7-25(16)17-4-6-22-18(24-17)23-15-3-5-21-11-15/h4,6,8-10,15-16,21H,1-3,5,7,11H2,(H,22,23,24). The molecule has 2 N–H and O–H groups in total. The van der Waals surface area contributed by atoms with Crippen LogP contribution in [-0.2, 0) is 0 Å². The van der Waals surface area contributed by atoms with E-state index in [1.54, 1.807) is 6.20 Å². The molecule has 25 heavy (non-hydrogen) atoms. The fourth-order valence-corrected chi connectivity index (χ4v) is 3.69. The van der Waals surface area contributed by atoms with Crippen molar-refractivity contribution in [2.75, 3.05) is 29.9 Å². The van der Waals surface area contributed by atoms with Crippen LogP contribution in [0.2, 0.25) is 0 Å². The molecule has 0 spiro atoms.